The predicted molar refractivity (Wildman–Crippen MR) is 198 cm³/mol. The maximum absolute atomic E-state index is 13.9. The zero-order valence-electron chi connectivity index (χ0n) is 31.3. The molecule has 5 heteroatoms. The normalized spacial score (nSPS) is 16.1. The minimum absolute atomic E-state index is 0.0426. The molecule has 0 aromatic rings. The van der Waals surface area contributed by atoms with Gasteiger partial charge in [-0.15, -0.1) is 0 Å². The summed E-state index contributed by atoms with van der Waals surface area (Å²) < 4.78 is 0. The van der Waals surface area contributed by atoms with Crippen LogP contribution in [-0.2, 0) is 4.79 Å². The second kappa shape index (κ2) is 18.6. The van der Waals surface area contributed by atoms with Crippen LogP contribution < -0.4 is 16.0 Å². The van der Waals surface area contributed by atoms with Gasteiger partial charge in [-0.25, -0.2) is 0 Å². The van der Waals surface area contributed by atoms with E-state index in [0.717, 1.165) is 74.1 Å². The number of amides is 1. The van der Waals surface area contributed by atoms with Gasteiger partial charge in [-0.1, -0.05) is 125 Å². The van der Waals surface area contributed by atoms with E-state index in [1.165, 1.54) is 24.8 Å². The van der Waals surface area contributed by atoms with Gasteiger partial charge in [-0.3, -0.25) is 4.79 Å². The molecule has 45 heavy (non-hydrogen) atoms. The molecule has 1 aliphatic carbocycles. The Labute approximate surface area is 279 Å². The lowest BCUT2D eigenvalue weighted by Gasteiger charge is -2.38. The largest absolute Gasteiger partial charge is 0.382 e. The second-order valence-electron chi connectivity index (χ2n) is 16.2. The average Bonchev–Trinajstić information content (AvgIpc) is 3.77. The number of carbonyl (C=O) groups is 1. The summed E-state index contributed by atoms with van der Waals surface area (Å²) in [6, 6.07) is 0.00157. The van der Waals surface area contributed by atoms with Crippen LogP contribution in [0.2, 0.25) is 0 Å². The molecule has 4 atom stereocenters. The maximum atomic E-state index is 13.9. The molecule has 3 unspecified atom stereocenters. The average molecular weight is 625 g/mol. The molecule has 1 rings (SSSR count). The molecule has 0 aromatic heterocycles. The smallest absolute Gasteiger partial charge is 0.245 e. The maximum Gasteiger partial charge on any atom is 0.245 e. The van der Waals surface area contributed by atoms with Crippen molar-refractivity contribution in [1.29, 1.82) is 0 Å². The SMILES string of the molecule is C=C(CCC1CC1)CCC(NC(=C)NC(C(=O)N(C)C[C@H](CC)CCC(=C)NC(CCC)C(=C)C(=C)C)C(C)(C)C)C(C)(C)C. The van der Waals surface area contributed by atoms with Crippen LogP contribution in [0.5, 0.6) is 0 Å². The number of nitrogens with zero attached hydrogens (tertiary/aromatic N) is 1. The van der Waals surface area contributed by atoms with Gasteiger partial charge < -0.3 is 20.9 Å². The van der Waals surface area contributed by atoms with Crippen molar-refractivity contribution < 1.29 is 4.79 Å². The molecule has 0 radical (unpaired) electrons. The standard InChI is InChI=1S/C40H72N4O/c1-16-18-35(31(7)28(3)4)41-30(6)21-23-33(17-2)27-44(15)38(45)37(40(12,13)14)43-32(8)42-36(39(9,10)11)26-20-29(5)19-22-34-24-25-34/h33-37,41-43H,3,5-8,16-27H2,1-2,4,9-15H3/t33-,35?,36?,37?/m1/s1. The summed E-state index contributed by atoms with van der Waals surface area (Å²) >= 11 is 0. The minimum atomic E-state index is -0.395. The molecule has 1 amide bonds. The predicted octanol–water partition coefficient (Wildman–Crippen LogP) is 9.66. The zero-order chi connectivity index (χ0) is 34.5. The molecular weight excluding hydrogens is 552 g/mol. The fourth-order valence-corrected chi connectivity index (χ4v) is 5.82. The van der Waals surface area contributed by atoms with E-state index in [0.29, 0.717) is 18.3 Å². The first-order chi connectivity index (χ1) is 20.8. The highest BCUT2D eigenvalue weighted by atomic mass is 16.2. The van der Waals surface area contributed by atoms with Crippen molar-refractivity contribution >= 4 is 5.91 Å². The number of nitrogens with one attached hydrogen (secondary N) is 3. The molecule has 0 saturated heterocycles. The van der Waals surface area contributed by atoms with E-state index in [1.54, 1.807) is 0 Å². The molecule has 1 aliphatic rings. The van der Waals surface area contributed by atoms with Gasteiger partial charge in [0.2, 0.25) is 5.91 Å². The first-order valence-corrected chi connectivity index (χ1v) is 17.7. The first-order valence-electron chi connectivity index (χ1n) is 17.7. The third kappa shape index (κ3) is 15.6. The van der Waals surface area contributed by atoms with E-state index in [1.807, 2.05) is 18.9 Å². The molecule has 0 bridgehead atoms. The van der Waals surface area contributed by atoms with Crippen molar-refractivity contribution in [2.24, 2.45) is 22.7 Å². The summed E-state index contributed by atoms with van der Waals surface area (Å²) in [5.41, 5.74) is 4.20. The topological polar surface area (TPSA) is 56.4 Å². The monoisotopic (exact) mass is 625 g/mol. The van der Waals surface area contributed by atoms with Gasteiger partial charge in [0, 0.05) is 25.3 Å². The Kier molecular flexibility index (Phi) is 16.8. The summed E-state index contributed by atoms with van der Waals surface area (Å²) in [4.78, 5) is 15.8. The number of allylic oxidation sites excluding steroid dienone is 2. The lowest BCUT2D eigenvalue weighted by Crippen LogP contribution is -2.55. The number of hydrogen-bond acceptors (Lipinski definition) is 4. The Bertz CT molecular complexity index is 1010. The Morgan fingerprint density at radius 3 is 1.96 bits per heavy atom. The fraction of sp³-hybridized carbons (Fsp3) is 0.725. The van der Waals surface area contributed by atoms with Crippen molar-refractivity contribution in [3.8, 4) is 0 Å². The summed E-state index contributed by atoms with van der Waals surface area (Å²) in [6.07, 6.45) is 12.2. The third-order valence-electron chi connectivity index (χ3n) is 9.48. The van der Waals surface area contributed by atoms with Gasteiger partial charge in [0.1, 0.15) is 6.04 Å². The molecule has 3 N–H and O–H groups in total. The van der Waals surface area contributed by atoms with E-state index in [4.69, 9.17) is 0 Å². The molecule has 0 aliphatic heterocycles. The van der Waals surface area contributed by atoms with Crippen molar-refractivity contribution in [3.63, 3.8) is 0 Å². The van der Waals surface area contributed by atoms with Gasteiger partial charge >= 0.3 is 0 Å². The third-order valence-corrected chi connectivity index (χ3v) is 9.48. The molecule has 0 aromatic carbocycles. The molecule has 258 valence electrons. The first kappa shape index (κ1) is 40.6. The molecule has 0 heterocycles. The molecule has 0 spiro atoms. The van der Waals surface area contributed by atoms with Gasteiger partial charge in [0.05, 0.1) is 11.9 Å². The molecule has 1 saturated carbocycles. The van der Waals surface area contributed by atoms with Crippen molar-refractivity contribution in [1.82, 2.24) is 20.9 Å². The highest BCUT2D eigenvalue weighted by Crippen LogP contribution is 2.35. The van der Waals surface area contributed by atoms with Crippen LogP contribution in [0.3, 0.4) is 0 Å². The Balaban J connectivity index is 2.79. The van der Waals surface area contributed by atoms with Gasteiger partial charge in [0.25, 0.3) is 0 Å². The number of rotatable bonds is 23. The van der Waals surface area contributed by atoms with Crippen LogP contribution in [0.4, 0.5) is 0 Å². The van der Waals surface area contributed by atoms with Crippen LogP contribution in [0.1, 0.15) is 133 Å². The van der Waals surface area contributed by atoms with E-state index < -0.39 is 6.04 Å². The van der Waals surface area contributed by atoms with Crippen molar-refractivity contribution in [2.45, 2.75) is 151 Å². The lowest BCUT2D eigenvalue weighted by molar-refractivity contribution is -0.135. The quantitative estimate of drug-likeness (QED) is 0.0783. The van der Waals surface area contributed by atoms with Gasteiger partial charge in [-0.2, -0.15) is 0 Å². The summed E-state index contributed by atoms with van der Waals surface area (Å²) in [5, 5.41) is 10.8. The van der Waals surface area contributed by atoms with E-state index in [9.17, 15) is 4.79 Å². The fourth-order valence-electron chi connectivity index (χ4n) is 5.82. The van der Waals surface area contributed by atoms with Crippen LogP contribution >= 0.6 is 0 Å². The van der Waals surface area contributed by atoms with Crippen LogP contribution in [0.25, 0.3) is 0 Å². The number of likely N-dealkylation sites (N-methyl/N-ethyl adjacent to an activating group) is 1. The number of hydrogen-bond donors (Lipinski definition) is 3. The molecule has 1 fully saturated rings. The molecular formula is C40H72N4O. The number of carbonyl (C=O) groups excluding carboxylic acids is 1. The van der Waals surface area contributed by atoms with Crippen LogP contribution in [0, 0.1) is 22.7 Å². The van der Waals surface area contributed by atoms with E-state index in [2.05, 4.69) is 104 Å². The van der Waals surface area contributed by atoms with Crippen molar-refractivity contribution in [3.05, 3.63) is 61.1 Å². The Hall–Kier alpha value is -2.43. The molecule has 5 nitrogen and oxygen atoms in total. The second-order valence-corrected chi connectivity index (χ2v) is 16.2. The van der Waals surface area contributed by atoms with Gasteiger partial charge in [0.15, 0.2) is 0 Å². The van der Waals surface area contributed by atoms with Crippen LogP contribution in [0.15, 0.2) is 61.1 Å². The Morgan fingerprint density at radius 2 is 1.47 bits per heavy atom. The summed E-state index contributed by atoms with van der Waals surface area (Å²) in [7, 11) is 1.94. The van der Waals surface area contributed by atoms with Crippen molar-refractivity contribution in [2.75, 3.05) is 13.6 Å². The lowest BCUT2D eigenvalue weighted by atomic mass is 9.82. The van der Waals surface area contributed by atoms with Gasteiger partial charge in [-0.05, 0) is 80.1 Å². The Morgan fingerprint density at radius 1 is 0.844 bits per heavy atom. The van der Waals surface area contributed by atoms with E-state index >= 15 is 0 Å². The zero-order valence-corrected chi connectivity index (χ0v) is 31.3. The highest BCUT2D eigenvalue weighted by molar-refractivity contribution is 5.82. The summed E-state index contributed by atoms with van der Waals surface area (Å²) in [6.45, 7) is 41.6. The minimum Gasteiger partial charge on any atom is -0.382 e. The van der Waals surface area contributed by atoms with E-state index in [-0.39, 0.29) is 28.8 Å². The highest BCUT2D eigenvalue weighted by Gasteiger charge is 2.35. The van der Waals surface area contributed by atoms with Crippen LogP contribution in [-0.4, -0.2) is 42.5 Å². The summed E-state index contributed by atoms with van der Waals surface area (Å²) in [5.74, 6) is 2.13.